The first kappa shape index (κ1) is 16.5. The van der Waals surface area contributed by atoms with Crippen LogP contribution in [0.3, 0.4) is 0 Å². The van der Waals surface area contributed by atoms with E-state index >= 15 is 0 Å². The van der Waals surface area contributed by atoms with E-state index in [1.54, 1.807) is 0 Å². The van der Waals surface area contributed by atoms with Gasteiger partial charge >= 0.3 is 0 Å². The molecule has 108 valence electrons. The Balaban J connectivity index is 2.23. The number of halogens is 2. The zero-order valence-corrected chi connectivity index (χ0v) is 12.4. The maximum Gasteiger partial charge on any atom is 0.123 e. The molecule has 0 heterocycles. The topological polar surface area (TPSA) is 20.2 Å². The van der Waals surface area contributed by atoms with Crippen LogP contribution in [-0.2, 0) is 0 Å². The van der Waals surface area contributed by atoms with E-state index in [0.29, 0.717) is 17.0 Å². The number of benzene rings is 1. The monoisotopic (exact) mass is 286 g/mol. The van der Waals surface area contributed by atoms with E-state index in [1.165, 1.54) is 50.3 Å². The summed E-state index contributed by atoms with van der Waals surface area (Å²) in [5.41, 5.74) is 0.507. The Morgan fingerprint density at radius 2 is 1.74 bits per heavy atom. The third kappa shape index (κ3) is 6.40. The van der Waals surface area contributed by atoms with Crippen molar-refractivity contribution in [2.24, 2.45) is 0 Å². The van der Waals surface area contributed by atoms with Gasteiger partial charge in [0, 0.05) is 10.6 Å². The molecule has 0 bridgehead atoms. The van der Waals surface area contributed by atoms with Crippen molar-refractivity contribution in [1.82, 2.24) is 0 Å². The molecular weight excluding hydrogens is 263 g/mol. The van der Waals surface area contributed by atoms with E-state index in [9.17, 15) is 9.50 Å². The standard InChI is InChI=1S/C16H24ClFO/c1-2-3-4-5-6-7-8-9-16(19)14-12-13(18)10-11-15(14)17/h10-12,16,19H,2-9H2,1H3. The van der Waals surface area contributed by atoms with Crippen LogP contribution >= 0.6 is 11.6 Å². The van der Waals surface area contributed by atoms with Crippen LogP contribution in [0.2, 0.25) is 5.02 Å². The van der Waals surface area contributed by atoms with Crippen molar-refractivity contribution in [2.45, 2.75) is 64.4 Å². The second kappa shape index (κ2) is 9.33. The summed E-state index contributed by atoms with van der Waals surface area (Å²) in [5, 5.41) is 10.5. The summed E-state index contributed by atoms with van der Waals surface area (Å²) in [5.74, 6) is -0.349. The molecule has 0 amide bonds. The average Bonchev–Trinajstić information content (AvgIpc) is 2.40. The predicted octanol–water partition coefficient (Wildman–Crippen LogP) is 5.65. The molecule has 0 aliphatic carbocycles. The Hall–Kier alpha value is -0.600. The highest BCUT2D eigenvalue weighted by molar-refractivity contribution is 6.31. The minimum Gasteiger partial charge on any atom is -0.388 e. The summed E-state index contributed by atoms with van der Waals surface area (Å²) < 4.78 is 13.1. The maximum atomic E-state index is 13.1. The normalized spacial score (nSPS) is 12.6. The number of aliphatic hydroxyl groups is 1. The minimum atomic E-state index is -0.654. The lowest BCUT2D eigenvalue weighted by Gasteiger charge is -2.12. The van der Waals surface area contributed by atoms with Crippen LogP contribution in [0.25, 0.3) is 0 Å². The van der Waals surface area contributed by atoms with Gasteiger partial charge in [-0.05, 0) is 24.6 Å². The molecule has 0 fully saturated rings. The van der Waals surface area contributed by atoms with Crippen molar-refractivity contribution in [3.63, 3.8) is 0 Å². The molecule has 0 aromatic heterocycles. The molecule has 0 saturated heterocycles. The van der Waals surface area contributed by atoms with Gasteiger partial charge in [0.15, 0.2) is 0 Å². The van der Waals surface area contributed by atoms with Crippen molar-refractivity contribution >= 4 is 11.6 Å². The van der Waals surface area contributed by atoms with Crippen molar-refractivity contribution in [3.8, 4) is 0 Å². The number of unbranched alkanes of at least 4 members (excludes halogenated alkanes) is 6. The number of hydrogen-bond donors (Lipinski definition) is 1. The summed E-state index contributed by atoms with van der Waals surface area (Å²) in [6.45, 7) is 2.21. The Morgan fingerprint density at radius 1 is 1.11 bits per heavy atom. The molecule has 1 rings (SSSR count). The van der Waals surface area contributed by atoms with E-state index in [-0.39, 0.29) is 5.82 Å². The summed E-state index contributed by atoms with van der Waals surface area (Å²) in [4.78, 5) is 0. The first-order valence-corrected chi connectivity index (χ1v) is 7.66. The average molecular weight is 287 g/mol. The highest BCUT2D eigenvalue weighted by Crippen LogP contribution is 2.27. The van der Waals surface area contributed by atoms with E-state index in [2.05, 4.69) is 6.92 Å². The minimum absolute atomic E-state index is 0.349. The van der Waals surface area contributed by atoms with Crippen molar-refractivity contribution in [1.29, 1.82) is 0 Å². The molecule has 0 radical (unpaired) electrons. The lowest BCUT2D eigenvalue weighted by molar-refractivity contribution is 0.163. The zero-order chi connectivity index (χ0) is 14.1. The van der Waals surface area contributed by atoms with Crippen LogP contribution < -0.4 is 0 Å². The SMILES string of the molecule is CCCCCCCCCC(O)c1cc(F)ccc1Cl. The number of hydrogen-bond acceptors (Lipinski definition) is 1. The van der Waals surface area contributed by atoms with E-state index in [1.807, 2.05) is 0 Å². The predicted molar refractivity (Wildman–Crippen MR) is 79.0 cm³/mol. The molecular formula is C16H24ClFO. The highest BCUT2D eigenvalue weighted by Gasteiger charge is 2.12. The van der Waals surface area contributed by atoms with Gasteiger partial charge in [0.25, 0.3) is 0 Å². The summed E-state index contributed by atoms with van der Waals surface area (Å²) in [6.07, 6.45) is 8.42. The summed E-state index contributed by atoms with van der Waals surface area (Å²) >= 11 is 5.96. The van der Waals surface area contributed by atoms with E-state index in [4.69, 9.17) is 11.6 Å². The highest BCUT2D eigenvalue weighted by atomic mass is 35.5. The smallest absolute Gasteiger partial charge is 0.123 e. The molecule has 0 spiro atoms. The molecule has 3 heteroatoms. The Kier molecular flexibility index (Phi) is 8.08. The van der Waals surface area contributed by atoms with Crippen LogP contribution in [0.1, 0.15) is 70.0 Å². The molecule has 1 unspecified atom stereocenters. The van der Waals surface area contributed by atoms with Crippen LogP contribution in [0.4, 0.5) is 4.39 Å². The molecule has 1 atom stereocenters. The van der Waals surface area contributed by atoms with Gasteiger partial charge in [0.2, 0.25) is 0 Å². The first-order valence-electron chi connectivity index (χ1n) is 7.28. The lowest BCUT2D eigenvalue weighted by atomic mass is 10.0. The largest absolute Gasteiger partial charge is 0.388 e. The fraction of sp³-hybridized carbons (Fsp3) is 0.625. The van der Waals surface area contributed by atoms with Crippen molar-refractivity contribution in [2.75, 3.05) is 0 Å². The molecule has 0 aliphatic rings. The molecule has 1 nitrogen and oxygen atoms in total. The third-order valence-electron chi connectivity index (χ3n) is 3.40. The van der Waals surface area contributed by atoms with Gasteiger partial charge in [-0.25, -0.2) is 4.39 Å². The van der Waals surface area contributed by atoms with Crippen LogP contribution in [0.5, 0.6) is 0 Å². The van der Waals surface area contributed by atoms with Crippen molar-refractivity contribution < 1.29 is 9.50 Å². The third-order valence-corrected chi connectivity index (χ3v) is 3.74. The van der Waals surface area contributed by atoms with Gasteiger partial charge in [-0.15, -0.1) is 0 Å². The number of aliphatic hydroxyl groups excluding tert-OH is 1. The fourth-order valence-electron chi connectivity index (χ4n) is 2.22. The molecule has 0 aliphatic heterocycles. The summed E-state index contributed by atoms with van der Waals surface area (Å²) in [7, 11) is 0. The molecule has 1 N–H and O–H groups in total. The van der Waals surface area contributed by atoms with E-state index in [0.717, 1.165) is 12.8 Å². The summed E-state index contributed by atoms with van der Waals surface area (Å²) in [6, 6.07) is 4.14. The Morgan fingerprint density at radius 3 is 2.42 bits per heavy atom. The molecule has 1 aromatic carbocycles. The van der Waals surface area contributed by atoms with E-state index < -0.39 is 6.10 Å². The van der Waals surface area contributed by atoms with Crippen LogP contribution in [0.15, 0.2) is 18.2 Å². The second-order valence-corrected chi connectivity index (χ2v) is 5.50. The second-order valence-electron chi connectivity index (χ2n) is 5.09. The maximum absolute atomic E-state index is 13.1. The van der Waals surface area contributed by atoms with Gasteiger partial charge < -0.3 is 5.11 Å². The van der Waals surface area contributed by atoms with Crippen molar-refractivity contribution in [3.05, 3.63) is 34.6 Å². The van der Waals surface area contributed by atoms with Crippen LogP contribution in [-0.4, -0.2) is 5.11 Å². The zero-order valence-electron chi connectivity index (χ0n) is 11.7. The molecule has 0 saturated carbocycles. The van der Waals surface area contributed by atoms with Gasteiger partial charge in [-0.2, -0.15) is 0 Å². The fourth-order valence-corrected chi connectivity index (χ4v) is 2.46. The first-order chi connectivity index (χ1) is 9.15. The Bertz CT molecular complexity index is 368. The quantitative estimate of drug-likeness (QED) is 0.581. The molecule has 19 heavy (non-hydrogen) atoms. The molecule has 1 aromatic rings. The van der Waals surface area contributed by atoms with Gasteiger partial charge in [0.1, 0.15) is 5.82 Å². The lowest BCUT2D eigenvalue weighted by Crippen LogP contribution is -1.99. The van der Waals surface area contributed by atoms with Gasteiger partial charge in [0.05, 0.1) is 6.10 Å². The number of rotatable bonds is 9. The van der Waals surface area contributed by atoms with Crippen LogP contribution in [0, 0.1) is 5.82 Å². The van der Waals surface area contributed by atoms with Gasteiger partial charge in [-0.3, -0.25) is 0 Å². The van der Waals surface area contributed by atoms with Gasteiger partial charge in [-0.1, -0.05) is 63.5 Å². The Labute approximate surface area is 120 Å².